The minimum atomic E-state index is -2.68. The first-order valence-electron chi connectivity index (χ1n) is 37.9. The van der Waals surface area contributed by atoms with E-state index >= 15 is 43.2 Å². The number of para-hydroxylation sites is 1. The number of carbonyl (C=O) groups excluding carboxylic acids is 16. The van der Waals surface area contributed by atoms with Crippen LogP contribution in [0.25, 0.3) is 10.9 Å². The van der Waals surface area contributed by atoms with Gasteiger partial charge >= 0.3 is 17.9 Å². The Morgan fingerprint density at radius 3 is 1.91 bits per heavy atom. The highest BCUT2D eigenvalue weighted by Gasteiger charge is 2.45. The Morgan fingerprint density at radius 2 is 1.25 bits per heavy atom. The van der Waals surface area contributed by atoms with Gasteiger partial charge in [0.25, 0.3) is 5.91 Å². The number of phenolic OH excluding ortho intramolecular Hbond substituents is 2. The lowest BCUT2D eigenvalue weighted by Gasteiger charge is -2.31. The second kappa shape index (κ2) is 41.8. The van der Waals surface area contributed by atoms with Gasteiger partial charge in [-0.05, 0) is 119 Å². The number of carboxylic acids is 1. The highest BCUT2D eigenvalue weighted by atomic mass is 16.5. The number of guanidine groups is 1. The molecule has 5 heterocycles. The van der Waals surface area contributed by atoms with Gasteiger partial charge in [-0.15, -0.1) is 0 Å². The number of nitrogens with one attached hydrogen (secondary N) is 16. The van der Waals surface area contributed by atoms with E-state index < -0.39 is 262 Å². The largest absolute Gasteiger partial charge is 0.508 e. The van der Waals surface area contributed by atoms with E-state index in [0.29, 0.717) is 22.0 Å². The van der Waals surface area contributed by atoms with Crippen LogP contribution < -0.4 is 80.2 Å². The average Bonchev–Trinajstić information content (AvgIpc) is 1.67. The first-order valence-corrected chi connectivity index (χ1v) is 37.9. The van der Waals surface area contributed by atoms with Crippen molar-refractivity contribution in [1.82, 2.24) is 84.3 Å². The van der Waals surface area contributed by atoms with E-state index in [9.17, 15) is 63.9 Å². The summed E-state index contributed by atoms with van der Waals surface area (Å²) < 4.78 is 11.4. The van der Waals surface area contributed by atoms with Gasteiger partial charge in [-0.1, -0.05) is 42.5 Å². The number of carboxylic acid groups (broad SMARTS) is 1. The van der Waals surface area contributed by atoms with E-state index in [1.165, 1.54) is 54.7 Å². The number of carbonyl (C=O) groups is 17. The zero-order valence-corrected chi connectivity index (χ0v) is 64.3. The summed E-state index contributed by atoms with van der Waals surface area (Å²) >= 11 is 0. The fraction of sp³-hybridized carbons (Fsp3) is 0.493. The van der Waals surface area contributed by atoms with Crippen LogP contribution in [-0.4, -0.2) is 265 Å². The Kier molecular flexibility index (Phi) is 32.0. The van der Waals surface area contributed by atoms with Gasteiger partial charge < -0.3 is 125 Å². The zero-order valence-electron chi connectivity index (χ0n) is 64.3. The first-order chi connectivity index (χ1) is 55.5. The topological polar surface area (TPSA) is 647 Å². The number of aliphatic carboxylic acids is 1. The van der Waals surface area contributed by atoms with Crippen LogP contribution in [0.1, 0.15) is 109 Å². The fourth-order valence-corrected chi connectivity index (χ4v) is 13.4. The van der Waals surface area contributed by atoms with Crippen molar-refractivity contribution in [3.05, 3.63) is 95.7 Å². The van der Waals surface area contributed by atoms with Crippen molar-refractivity contribution in [3.8, 4) is 11.5 Å². The van der Waals surface area contributed by atoms with Gasteiger partial charge in [0.1, 0.15) is 103 Å². The van der Waals surface area contributed by atoms with Crippen LogP contribution in [0.15, 0.2) is 79.0 Å². The van der Waals surface area contributed by atoms with Crippen LogP contribution in [0.5, 0.6) is 11.5 Å². The van der Waals surface area contributed by atoms with Gasteiger partial charge in [0.2, 0.25) is 76.8 Å². The molecule has 0 aliphatic carbocycles. The predicted molar refractivity (Wildman–Crippen MR) is 407 cm³/mol. The van der Waals surface area contributed by atoms with Crippen LogP contribution in [0.3, 0.4) is 0 Å². The highest BCUT2D eigenvalue weighted by molar-refractivity contribution is 6.02. The number of aromatic nitrogens is 1. The van der Waals surface area contributed by atoms with Crippen molar-refractivity contribution in [2.45, 2.75) is 208 Å². The molecule has 4 aliphatic rings. The molecule has 0 unspecified atom stereocenters. The Balaban J connectivity index is 1.32. The maximum Gasteiger partial charge on any atom is 0.326 e. The maximum atomic E-state index is 15.5. The van der Waals surface area contributed by atoms with Gasteiger partial charge in [0.05, 0.1) is 12.5 Å². The summed E-state index contributed by atoms with van der Waals surface area (Å²) in [6.07, 6.45) is -10.6. The molecule has 4 bridgehead atoms. The van der Waals surface area contributed by atoms with E-state index in [1.54, 1.807) is 24.3 Å². The number of aliphatic hydroxyl groups is 2. The molecular formula is C75H98N18O24. The van der Waals surface area contributed by atoms with Crippen LogP contribution in [-0.2, 0) is 110 Å². The molecule has 117 heavy (non-hydrogen) atoms. The van der Waals surface area contributed by atoms with Gasteiger partial charge in [-0.2, -0.15) is 0 Å². The molecule has 42 heteroatoms. The lowest BCUT2D eigenvalue weighted by atomic mass is 10.0. The predicted octanol–water partition coefficient (Wildman–Crippen LogP) is -6.48. The minimum absolute atomic E-state index is 0.112. The lowest BCUT2D eigenvalue weighted by molar-refractivity contribution is -0.154. The number of benzene rings is 3. The van der Waals surface area contributed by atoms with Gasteiger partial charge in [0.15, 0.2) is 12.1 Å². The molecule has 0 radical (unpaired) electrons. The minimum Gasteiger partial charge on any atom is -0.508 e. The normalized spacial score (nSPS) is 25.1. The number of nitrogens with two attached hydrogens (primary N) is 1. The van der Waals surface area contributed by atoms with E-state index in [4.69, 9.17) is 20.6 Å². The summed E-state index contributed by atoms with van der Waals surface area (Å²) in [4.78, 5) is 253. The zero-order chi connectivity index (χ0) is 85.5. The van der Waals surface area contributed by atoms with Crippen molar-refractivity contribution < 1.29 is 117 Å². The SMILES string of the molecule is CC(=O)N[C@H](C(=O)N[C@H](C)C(=O)N[C@H]1C(=O)N[C@@H](CCCNC(=N)N)C(=O)N[C@H]2CCCCNC(=O)[C@@H](O)[C@@H](C(=O)N[C@@H](Cc3ccc(O)cc3)C(=O)O)NC(=O)[C@H]3CCC(=O)OC[C@H](NC(=O)[C@@H]4CCCN4C(=O)[C@@H](Cc4ccc(O)cc4)NC2=O)C(=O)N[C@@H](CC(=O)O[C@@H]1C)C(=O)N[C@@H](Cc1c[nH]c2ccccc12)C(=O)N3)[C@@H](C)O. The average molecular weight is 1640 g/mol. The smallest absolute Gasteiger partial charge is 0.326 e. The number of esters is 2. The van der Waals surface area contributed by atoms with Gasteiger partial charge in [-0.3, -0.25) is 82.1 Å². The molecule has 1 aromatic heterocycles. The molecule has 4 aliphatic heterocycles. The molecule has 14 amide bonds. The molecular weight excluding hydrogens is 1540 g/mol. The molecule has 4 saturated heterocycles. The summed E-state index contributed by atoms with van der Waals surface area (Å²) in [6.45, 7) is 2.40. The third kappa shape index (κ3) is 25.7. The summed E-state index contributed by atoms with van der Waals surface area (Å²) in [5.41, 5.74) is 6.93. The number of phenols is 2. The third-order valence-corrected chi connectivity index (χ3v) is 19.7. The van der Waals surface area contributed by atoms with Crippen LogP contribution in [0, 0.1) is 5.41 Å². The van der Waals surface area contributed by atoms with Gasteiger partial charge in [-0.25, -0.2) is 4.79 Å². The number of fused-ring (bicyclic) bond motifs is 13. The monoisotopic (exact) mass is 1630 g/mol. The molecule has 3 aromatic carbocycles. The summed E-state index contributed by atoms with van der Waals surface area (Å²) in [6, 6.07) is -8.13. The van der Waals surface area contributed by atoms with E-state index in [2.05, 4.69) is 79.4 Å². The molecule has 23 N–H and O–H groups in total. The number of hydrogen-bond acceptors (Lipinski definition) is 24. The van der Waals surface area contributed by atoms with E-state index in [-0.39, 0.29) is 68.7 Å². The molecule has 4 fully saturated rings. The quantitative estimate of drug-likeness (QED) is 0.0180. The lowest BCUT2D eigenvalue weighted by Crippen LogP contribution is -2.63. The summed E-state index contributed by atoms with van der Waals surface area (Å²) in [7, 11) is 0. The fourth-order valence-electron chi connectivity index (χ4n) is 13.4. The van der Waals surface area contributed by atoms with Crippen molar-refractivity contribution in [1.29, 1.82) is 5.41 Å². The van der Waals surface area contributed by atoms with Crippen molar-refractivity contribution >= 4 is 117 Å². The van der Waals surface area contributed by atoms with Crippen molar-refractivity contribution in [2.24, 2.45) is 5.73 Å². The number of aromatic amines is 1. The van der Waals surface area contributed by atoms with Crippen LogP contribution in [0.4, 0.5) is 0 Å². The molecule has 0 saturated carbocycles. The number of aromatic hydroxyl groups is 2. The summed E-state index contributed by atoms with van der Waals surface area (Å²) in [5, 5.41) is 95.1. The molecule has 16 atom stereocenters. The number of cyclic esters (lactones) is 1. The highest BCUT2D eigenvalue weighted by Crippen LogP contribution is 2.24. The summed E-state index contributed by atoms with van der Waals surface area (Å²) in [5.74, 6) is -22.7. The molecule has 42 nitrogen and oxygen atoms in total. The Bertz CT molecular complexity index is 4370. The molecule has 8 rings (SSSR count). The number of hydrogen-bond donors (Lipinski definition) is 22. The first kappa shape index (κ1) is 89.5. The second-order valence-corrected chi connectivity index (χ2v) is 28.8. The maximum absolute atomic E-state index is 15.5. The number of aliphatic hydroxyl groups excluding tert-OH is 2. The Morgan fingerprint density at radius 1 is 0.641 bits per heavy atom. The number of rotatable bonds is 19. The number of ether oxygens (including phenoxy) is 2. The number of nitrogens with zero attached hydrogens (tertiary/aromatic N) is 1. The van der Waals surface area contributed by atoms with E-state index in [0.717, 1.165) is 32.6 Å². The number of amides is 14. The van der Waals surface area contributed by atoms with Crippen LogP contribution in [0.2, 0.25) is 0 Å². The van der Waals surface area contributed by atoms with Crippen molar-refractivity contribution in [3.63, 3.8) is 0 Å². The molecule has 0 spiro atoms. The second-order valence-electron chi connectivity index (χ2n) is 28.8. The molecule has 632 valence electrons. The standard InChI is InChI=1S/C75H98N18O24/c1-35(81-69(109)57(36(2)94)82-38(4)95)61(101)91-58-37(3)117-56(99)32-50-66(106)86-49(31-41-33-80-45-12-6-5-11-44(41)45)65(105)84-48-24-25-55(98)116-34-53(67(107)87-50)90-68(108)54-15-10-28-93(54)73(113)51(29-39-16-20-42(96)21-17-39)88-63(103)46(83-62(102)47(85-70(58)110)14-9-27-79-75(76)77)13-7-8-26-78-72(112)60(100)59(92-64(48)104)71(111)89-52(74(114)115)30-40-18-22-43(97)23-19-40/h5-6,11-12,16-23,33,35-37,46-54,57-60,80,94,96-97,100H,7-10,13-15,24-32,34H2,1-4H3,(H,78,112)(H,81,109)(H,82,95)(H,83,102)(H,84,105)(H,85,110)(H,86,106)(H,87,107)(H,88,103)(H,89,111)(H,90,108)(H,91,101)(H,92,104)(H,114,115)(H4,76,77,79)/t35-,36-,37-,46+,47+,48-,49+,50+,51-,52+,53+,54+,57+,58-,59+,60+/m1/s1. The van der Waals surface area contributed by atoms with E-state index in [1.807, 2.05) is 0 Å². The molecule has 4 aromatic rings. The van der Waals surface area contributed by atoms with Gasteiger partial charge in [0, 0.05) is 69.3 Å². The number of H-pyrrole nitrogens is 1. The van der Waals surface area contributed by atoms with Crippen molar-refractivity contribution in [2.75, 3.05) is 26.2 Å². The third-order valence-electron chi connectivity index (χ3n) is 19.7. The Labute approximate surface area is 668 Å². The Hall–Kier alpha value is -13.0. The van der Waals surface area contributed by atoms with Crippen LogP contribution >= 0.6 is 0 Å².